The van der Waals surface area contributed by atoms with Gasteiger partial charge >= 0.3 is 0 Å². The van der Waals surface area contributed by atoms with E-state index in [1.807, 2.05) is 120 Å². The van der Waals surface area contributed by atoms with E-state index in [0.29, 0.717) is 42.6 Å². The van der Waals surface area contributed by atoms with Gasteiger partial charge in [0.25, 0.3) is 0 Å². The van der Waals surface area contributed by atoms with Crippen molar-refractivity contribution in [1.82, 2.24) is 9.13 Å². The normalized spacial score (nSPS) is 11.7. The molecule has 0 amide bonds. The third kappa shape index (κ3) is 3.60. The topological polar surface area (TPSA) is 44.0 Å². The lowest BCUT2D eigenvalue weighted by Crippen LogP contribution is -2.13. The highest BCUT2D eigenvalue weighted by Crippen LogP contribution is 2.33. The van der Waals surface area contributed by atoms with Crippen molar-refractivity contribution in [3.8, 4) is 22.3 Å². The van der Waals surface area contributed by atoms with E-state index in [4.69, 9.17) is 23.2 Å². The van der Waals surface area contributed by atoms with E-state index in [1.165, 1.54) is 0 Å². The molecule has 0 bridgehead atoms. The van der Waals surface area contributed by atoms with E-state index >= 15 is 0 Å². The molecule has 0 saturated heterocycles. The summed E-state index contributed by atoms with van der Waals surface area (Å²) in [6.07, 6.45) is 0. The zero-order chi connectivity index (χ0) is 27.7. The molecule has 40 heavy (non-hydrogen) atoms. The first-order valence-corrected chi connectivity index (χ1v) is 13.6. The maximum atomic E-state index is 13.9. The Balaban J connectivity index is 1.53. The first-order chi connectivity index (χ1) is 19.3. The van der Waals surface area contributed by atoms with Crippen molar-refractivity contribution in [2.45, 2.75) is 0 Å². The average molecular weight is 561 g/mol. The summed E-state index contributed by atoms with van der Waals surface area (Å²) in [5.74, 6) is 0. The number of aromatic nitrogens is 2. The Morgan fingerprint density at radius 1 is 0.475 bits per heavy atom. The Labute approximate surface area is 239 Å². The molecule has 0 aliphatic carbocycles. The lowest BCUT2D eigenvalue weighted by atomic mass is 9.99. The summed E-state index contributed by atoms with van der Waals surface area (Å²) in [5.41, 5.74) is 6.31. The van der Waals surface area contributed by atoms with Gasteiger partial charge in [-0.05, 0) is 59.7 Å². The van der Waals surface area contributed by atoms with Gasteiger partial charge in [0.15, 0.2) is 10.9 Å². The summed E-state index contributed by atoms with van der Waals surface area (Å²) in [6, 6.07) is 30.5. The Kier molecular flexibility index (Phi) is 5.60. The summed E-state index contributed by atoms with van der Waals surface area (Å²) in [4.78, 5) is 27.8. The first kappa shape index (κ1) is 24.6. The number of hydrogen-bond donors (Lipinski definition) is 0. The SMILES string of the molecule is Cn1c2ccc(-c3ccccc3Cl)cc2c(=O)c2cc3c(cc21)c(=O)c1cc(-c2ccccc2Cl)ccc1n3C. The number of fused-ring (bicyclic) bond motifs is 4. The van der Waals surface area contributed by atoms with Crippen molar-refractivity contribution in [2.75, 3.05) is 0 Å². The molecule has 7 rings (SSSR count). The molecule has 7 aromatic rings. The fourth-order valence-corrected chi connectivity index (χ4v) is 6.28. The molecular weight excluding hydrogens is 539 g/mol. The first-order valence-electron chi connectivity index (χ1n) is 12.9. The largest absolute Gasteiger partial charge is 0.343 e. The van der Waals surface area contributed by atoms with Crippen LogP contribution in [0.1, 0.15) is 0 Å². The van der Waals surface area contributed by atoms with E-state index in [9.17, 15) is 9.59 Å². The second-order valence-corrected chi connectivity index (χ2v) is 10.9. The van der Waals surface area contributed by atoms with Gasteiger partial charge in [0, 0.05) is 56.8 Å². The van der Waals surface area contributed by atoms with E-state index in [0.717, 1.165) is 33.3 Å². The number of hydrogen-bond acceptors (Lipinski definition) is 2. The molecule has 0 saturated carbocycles. The summed E-state index contributed by atoms with van der Waals surface area (Å²) in [6.45, 7) is 0. The third-order valence-electron chi connectivity index (χ3n) is 7.90. The molecule has 0 aliphatic heterocycles. The molecule has 5 aromatic carbocycles. The van der Waals surface area contributed by atoms with Gasteiger partial charge in [0.2, 0.25) is 0 Å². The lowest BCUT2D eigenvalue weighted by molar-refractivity contribution is 0.994. The van der Waals surface area contributed by atoms with Crippen molar-refractivity contribution in [1.29, 1.82) is 0 Å². The molecule has 0 spiro atoms. The molecule has 0 fully saturated rings. The summed E-state index contributed by atoms with van der Waals surface area (Å²) in [5, 5.41) is 3.57. The maximum Gasteiger partial charge on any atom is 0.197 e. The molecule has 2 aromatic heterocycles. The van der Waals surface area contributed by atoms with Crippen molar-refractivity contribution >= 4 is 66.8 Å². The van der Waals surface area contributed by atoms with Crippen molar-refractivity contribution in [2.24, 2.45) is 14.1 Å². The van der Waals surface area contributed by atoms with Crippen LogP contribution in [0.4, 0.5) is 0 Å². The highest BCUT2D eigenvalue weighted by atomic mass is 35.5. The van der Waals surface area contributed by atoms with E-state index in [-0.39, 0.29) is 10.9 Å². The summed E-state index contributed by atoms with van der Waals surface area (Å²) >= 11 is 12.9. The second kappa shape index (κ2) is 9.09. The zero-order valence-electron chi connectivity index (χ0n) is 21.7. The van der Waals surface area contributed by atoms with Gasteiger partial charge in [0.05, 0.1) is 22.1 Å². The number of rotatable bonds is 2. The smallest absolute Gasteiger partial charge is 0.197 e. The van der Waals surface area contributed by atoms with Gasteiger partial charge in [-0.1, -0.05) is 71.7 Å². The minimum absolute atomic E-state index is 0.0829. The van der Waals surface area contributed by atoms with Crippen LogP contribution in [0.25, 0.3) is 65.9 Å². The molecule has 2 heterocycles. The zero-order valence-corrected chi connectivity index (χ0v) is 23.2. The van der Waals surface area contributed by atoms with Crippen LogP contribution in [0.5, 0.6) is 0 Å². The quantitative estimate of drug-likeness (QED) is 0.199. The average Bonchev–Trinajstić information content (AvgIpc) is 2.98. The minimum atomic E-state index is -0.0829. The van der Waals surface area contributed by atoms with Crippen LogP contribution in [-0.4, -0.2) is 9.13 Å². The van der Waals surface area contributed by atoms with Crippen molar-refractivity contribution < 1.29 is 0 Å². The molecule has 194 valence electrons. The highest BCUT2D eigenvalue weighted by molar-refractivity contribution is 6.33. The Morgan fingerprint density at radius 3 is 1.25 bits per heavy atom. The van der Waals surface area contributed by atoms with Gasteiger partial charge in [-0.25, -0.2) is 0 Å². The van der Waals surface area contributed by atoms with Crippen LogP contribution in [0.15, 0.2) is 107 Å². The Bertz CT molecular complexity index is 2150. The molecule has 0 atom stereocenters. The van der Waals surface area contributed by atoms with Gasteiger partial charge in [-0.3, -0.25) is 9.59 Å². The minimum Gasteiger partial charge on any atom is -0.343 e. The fraction of sp³-hybridized carbons (Fsp3) is 0.0588. The van der Waals surface area contributed by atoms with Gasteiger partial charge < -0.3 is 9.13 Å². The fourth-order valence-electron chi connectivity index (χ4n) is 5.79. The highest BCUT2D eigenvalue weighted by Gasteiger charge is 2.16. The van der Waals surface area contributed by atoms with Crippen LogP contribution in [0.3, 0.4) is 0 Å². The number of aryl methyl sites for hydroxylation is 2. The van der Waals surface area contributed by atoms with Crippen LogP contribution in [-0.2, 0) is 14.1 Å². The van der Waals surface area contributed by atoms with E-state index in [2.05, 4.69) is 0 Å². The number of benzene rings is 5. The Morgan fingerprint density at radius 2 is 0.850 bits per heavy atom. The standard InChI is InChI=1S/C34H22Cl2N2O2/c1-37-29-13-11-19(21-7-3-5-9-27(21)35)15-23(29)33(39)25-18-32-26(17-31(25)37)34(40)24-16-20(12-14-30(24)38(32)2)22-8-4-6-10-28(22)36/h3-18H,1-2H3. The van der Waals surface area contributed by atoms with Crippen LogP contribution >= 0.6 is 23.2 Å². The van der Waals surface area contributed by atoms with Crippen LogP contribution in [0, 0.1) is 0 Å². The van der Waals surface area contributed by atoms with Crippen LogP contribution < -0.4 is 10.9 Å². The monoisotopic (exact) mass is 560 g/mol. The summed E-state index contributed by atoms with van der Waals surface area (Å²) in [7, 11) is 3.85. The molecule has 0 aliphatic rings. The van der Waals surface area contributed by atoms with Crippen LogP contribution in [0.2, 0.25) is 10.0 Å². The van der Waals surface area contributed by atoms with E-state index < -0.39 is 0 Å². The Hall–Kier alpha value is -4.38. The molecule has 4 nitrogen and oxygen atoms in total. The summed E-state index contributed by atoms with van der Waals surface area (Å²) < 4.78 is 3.96. The molecular formula is C34H22Cl2N2O2. The number of halogens is 2. The maximum absolute atomic E-state index is 13.9. The number of pyridine rings is 2. The van der Waals surface area contributed by atoms with Crippen molar-refractivity contribution in [3.05, 3.63) is 128 Å². The molecule has 6 heteroatoms. The molecule has 0 radical (unpaired) electrons. The number of nitrogens with zero attached hydrogens (tertiary/aromatic N) is 2. The third-order valence-corrected chi connectivity index (χ3v) is 8.56. The van der Waals surface area contributed by atoms with Gasteiger partial charge in [-0.15, -0.1) is 0 Å². The predicted molar refractivity (Wildman–Crippen MR) is 168 cm³/mol. The molecule has 0 N–H and O–H groups in total. The lowest BCUT2D eigenvalue weighted by Gasteiger charge is -2.16. The van der Waals surface area contributed by atoms with Crippen molar-refractivity contribution in [3.63, 3.8) is 0 Å². The van der Waals surface area contributed by atoms with Gasteiger partial charge in [-0.2, -0.15) is 0 Å². The molecule has 0 unspecified atom stereocenters. The van der Waals surface area contributed by atoms with Gasteiger partial charge in [0.1, 0.15) is 0 Å². The second-order valence-electron chi connectivity index (χ2n) is 10.1. The van der Waals surface area contributed by atoms with E-state index in [1.54, 1.807) is 0 Å². The predicted octanol–water partition coefficient (Wildman–Crippen LogP) is 8.34.